The minimum Gasteiger partial charge on any atom is -0.347 e. The first-order valence-corrected chi connectivity index (χ1v) is 4.99. The molecule has 0 aliphatic rings. The first-order chi connectivity index (χ1) is 6.59. The molecule has 0 bridgehead atoms. The van der Waals surface area contributed by atoms with Crippen LogP contribution in [-0.2, 0) is 0 Å². The SMILES string of the molecule is C=C(Br)CNC(=O)c1ccc(Cl)nc1. The summed E-state index contributed by atoms with van der Waals surface area (Å²) < 4.78 is 0.716. The molecule has 0 saturated carbocycles. The molecule has 74 valence electrons. The maximum atomic E-state index is 11.4. The average Bonchev–Trinajstić information content (AvgIpc) is 2.15. The fourth-order valence-electron chi connectivity index (χ4n) is 0.788. The van der Waals surface area contributed by atoms with E-state index in [-0.39, 0.29) is 5.91 Å². The van der Waals surface area contributed by atoms with Gasteiger partial charge in [0.1, 0.15) is 5.15 Å². The number of nitrogens with one attached hydrogen (secondary N) is 1. The topological polar surface area (TPSA) is 42.0 Å². The first-order valence-electron chi connectivity index (χ1n) is 3.82. The van der Waals surface area contributed by atoms with Crippen molar-refractivity contribution in [2.75, 3.05) is 6.54 Å². The predicted molar refractivity (Wildman–Crippen MR) is 59.6 cm³/mol. The van der Waals surface area contributed by atoms with Crippen LogP contribution in [0.3, 0.4) is 0 Å². The molecular weight excluding hydrogens is 267 g/mol. The molecule has 0 spiro atoms. The van der Waals surface area contributed by atoms with E-state index in [4.69, 9.17) is 11.6 Å². The second-order valence-corrected chi connectivity index (χ2v) is 4.08. The van der Waals surface area contributed by atoms with Crippen molar-refractivity contribution in [2.24, 2.45) is 0 Å². The summed E-state index contributed by atoms with van der Waals surface area (Å²) >= 11 is 8.72. The van der Waals surface area contributed by atoms with E-state index in [0.29, 0.717) is 21.7 Å². The van der Waals surface area contributed by atoms with Crippen LogP contribution in [0.5, 0.6) is 0 Å². The van der Waals surface area contributed by atoms with Gasteiger partial charge in [0.2, 0.25) is 0 Å². The van der Waals surface area contributed by atoms with Gasteiger partial charge in [-0.3, -0.25) is 4.79 Å². The molecule has 5 heteroatoms. The van der Waals surface area contributed by atoms with Crippen molar-refractivity contribution in [1.29, 1.82) is 0 Å². The summed E-state index contributed by atoms with van der Waals surface area (Å²) in [7, 11) is 0. The highest BCUT2D eigenvalue weighted by atomic mass is 79.9. The van der Waals surface area contributed by atoms with E-state index in [9.17, 15) is 4.79 Å². The van der Waals surface area contributed by atoms with Crippen molar-refractivity contribution in [3.63, 3.8) is 0 Å². The third kappa shape index (κ3) is 3.47. The fraction of sp³-hybridized carbons (Fsp3) is 0.111. The molecular formula is C9H8BrClN2O. The van der Waals surface area contributed by atoms with Crippen molar-refractivity contribution >= 4 is 33.4 Å². The quantitative estimate of drug-likeness (QED) is 0.861. The van der Waals surface area contributed by atoms with E-state index in [2.05, 4.69) is 32.8 Å². The largest absolute Gasteiger partial charge is 0.347 e. The van der Waals surface area contributed by atoms with E-state index >= 15 is 0 Å². The molecule has 14 heavy (non-hydrogen) atoms. The fourth-order valence-corrected chi connectivity index (χ4v) is 1.04. The molecule has 1 N–H and O–H groups in total. The van der Waals surface area contributed by atoms with Gasteiger partial charge in [-0.25, -0.2) is 4.98 Å². The monoisotopic (exact) mass is 274 g/mol. The summed E-state index contributed by atoms with van der Waals surface area (Å²) in [5.74, 6) is -0.199. The first kappa shape index (κ1) is 11.2. The molecule has 1 heterocycles. The molecule has 3 nitrogen and oxygen atoms in total. The molecule has 1 rings (SSSR count). The normalized spacial score (nSPS) is 9.57. The molecule has 0 saturated heterocycles. The number of rotatable bonds is 3. The Hall–Kier alpha value is -0.870. The lowest BCUT2D eigenvalue weighted by Gasteiger charge is -2.02. The Morgan fingerprint density at radius 1 is 1.64 bits per heavy atom. The molecule has 0 unspecified atom stereocenters. The molecule has 0 radical (unpaired) electrons. The Labute approximate surface area is 95.3 Å². The van der Waals surface area contributed by atoms with E-state index in [1.165, 1.54) is 6.20 Å². The van der Waals surface area contributed by atoms with Crippen LogP contribution in [0.15, 0.2) is 29.4 Å². The van der Waals surface area contributed by atoms with Gasteiger partial charge in [-0.05, 0) is 12.1 Å². The maximum absolute atomic E-state index is 11.4. The molecule has 0 atom stereocenters. The Morgan fingerprint density at radius 3 is 2.86 bits per heavy atom. The zero-order valence-electron chi connectivity index (χ0n) is 7.26. The van der Waals surface area contributed by atoms with Gasteiger partial charge in [-0.1, -0.05) is 34.1 Å². The van der Waals surface area contributed by atoms with Crippen molar-refractivity contribution in [3.05, 3.63) is 40.1 Å². The van der Waals surface area contributed by atoms with Crippen LogP contribution in [0, 0.1) is 0 Å². The zero-order chi connectivity index (χ0) is 10.6. The number of halogens is 2. The Balaban J connectivity index is 2.61. The lowest BCUT2D eigenvalue weighted by molar-refractivity contribution is 0.0957. The Bertz CT molecular complexity index is 350. The van der Waals surface area contributed by atoms with E-state index in [1.807, 2.05) is 0 Å². The van der Waals surface area contributed by atoms with Gasteiger partial charge in [0.25, 0.3) is 5.91 Å². The van der Waals surface area contributed by atoms with E-state index < -0.39 is 0 Å². The second-order valence-electron chi connectivity index (χ2n) is 2.57. The number of hydrogen-bond donors (Lipinski definition) is 1. The smallest absolute Gasteiger partial charge is 0.253 e. The van der Waals surface area contributed by atoms with Crippen LogP contribution < -0.4 is 5.32 Å². The maximum Gasteiger partial charge on any atom is 0.253 e. The summed E-state index contributed by atoms with van der Waals surface area (Å²) in [4.78, 5) is 15.2. The number of amides is 1. The molecule has 0 fully saturated rings. The van der Waals surface area contributed by atoms with Gasteiger partial charge in [0.05, 0.1) is 5.56 Å². The van der Waals surface area contributed by atoms with Crippen LogP contribution in [0.4, 0.5) is 0 Å². The van der Waals surface area contributed by atoms with Crippen LogP contribution in [0.1, 0.15) is 10.4 Å². The van der Waals surface area contributed by atoms with Crippen LogP contribution >= 0.6 is 27.5 Å². The zero-order valence-corrected chi connectivity index (χ0v) is 9.60. The average molecular weight is 276 g/mol. The molecule has 1 amide bonds. The Kier molecular flexibility index (Phi) is 4.10. The number of pyridine rings is 1. The van der Waals surface area contributed by atoms with Crippen molar-refractivity contribution in [3.8, 4) is 0 Å². The van der Waals surface area contributed by atoms with Gasteiger partial charge in [0.15, 0.2) is 0 Å². The third-order valence-corrected chi connectivity index (χ3v) is 1.93. The Morgan fingerprint density at radius 2 is 2.36 bits per heavy atom. The lowest BCUT2D eigenvalue weighted by Crippen LogP contribution is -2.24. The molecule has 0 aliphatic carbocycles. The highest BCUT2D eigenvalue weighted by molar-refractivity contribution is 9.11. The number of carbonyl (C=O) groups is 1. The molecule has 1 aromatic heterocycles. The number of nitrogens with zero attached hydrogens (tertiary/aromatic N) is 1. The lowest BCUT2D eigenvalue weighted by atomic mass is 10.3. The number of aromatic nitrogens is 1. The summed E-state index contributed by atoms with van der Waals surface area (Å²) in [5, 5.41) is 3.02. The van der Waals surface area contributed by atoms with Gasteiger partial charge >= 0.3 is 0 Å². The van der Waals surface area contributed by atoms with Crippen molar-refractivity contribution in [2.45, 2.75) is 0 Å². The minimum absolute atomic E-state index is 0.199. The van der Waals surface area contributed by atoms with Crippen molar-refractivity contribution in [1.82, 2.24) is 10.3 Å². The highest BCUT2D eigenvalue weighted by Gasteiger charge is 2.04. The van der Waals surface area contributed by atoms with E-state index in [1.54, 1.807) is 12.1 Å². The van der Waals surface area contributed by atoms with Gasteiger partial charge in [-0.15, -0.1) is 0 Å². The van der Waals surface area contributed by atoms with Gasteiger partial charge in [-0.2, -0.15) is 0 Å². The van der Waals surface area contributed by atoms with Gasteiger partial charge in [0, 0.05) is 17.2 Å². The predicted octanol–water partition coefficient (Wildman–Crippen LogP) is 2.37. The summed E-state index contributed by atoms with van der Waals surface area (Å²) in [5.41, 5.74) is 0.475. The number of hydrogen-bond acceptors (Lipinski definition) is 2. The summed E-state index contributed by atoms with van der Waals surface area (Å²) in [6.07, 6.45) is 1.43. The molecule has 0 aromatic carbocycles. The minimum atomic E-state index is -0.199. The van der Waals surface area contributed by atoms with Crippen LogP contribution in [-0.4, -0.2) is 17.4 Å². The summed E-state index contributed by atoms with van der Waals surface area (Å²) in [6, 6.07) is 3.18. The second kappa shape index (κ2) is 5.12. The van der Waals surface area contributed by atoms with Crippen LogP contribution in [0.2, 0.25) is 5.15 Å². The van der Waals surface area contributed by atoms with E-state index in [0.717, 1.165) is 0 Å². The standard InChI is InChI=1S/C9H8BrClN2O/c1-6(10)4-13-9(14)7-2-3-8(11)12-5-7/h2-3,5H,1,4H2,(H,13,14). The molecule has 0 aliphatic heterocycles. The third-order valence-electron chi connectivity index (χ3n) is 1.43. The summed E-state index contributed by atoms with van der Waals surface area (Å²) in [6.45, 7) is 3.99. The van der Waals surface area contributed by atoms with Crippen LogP contribution in [0.25, 0.3) is 0 Å². The highest BCUT2D eigenvalue weighted by Crippen LogP contribution is 2.05. The van der Waals surface area contributed by atoms with Crippen molar-refractivity contribution < 1.29 is 4.79 Å². The van der Waals surface area contributed by atoms with Gasteiger partial charge < -0.3 is 5.32 Å². The number of carbonyl (C=O) groups excluding carboxylic acids is 1. The molecule has 1 aromatic rings.